The SMILES string of the molecule is COc1cc(F)ccc1NC(=O)c1ccccc1S(=O)(=O)C(C)C. The Morgan fingerprint density at radius 3 is 2.46 bits per heavy atom. The van der Waals surface area contributed by atoms with E-state index in [1.807, 2.05) is 0 Å². The number of methoxy groups -OCH3 is 1. The van der Waals surface area contributed by atoms with Crippen LogP contribution in [0.4, 0.5) is 10.1 Å². The minimum Gasteiger partial charge on any atom is -0.494 e. The molecule has 0 fully saturated rings. The molecule has 2 aromatic carbocycles. The van der Waals surface area contributed by atoms with Crippen LogP contribution in [-0.4, -0.2) is 26.7 Å². The van der Waals surface area contributed by atoms with Gasteiger partial charge in [0.15, 0.2) is 9.84 Å². The van der Waals surface area contributed by atoms with Gasteiger partial charge in [0.25, 0.3) is 5.91 Å². The lowest BCUT2D eigenvalue weighted by Crippen LogP contribution is -2.21. The number of amides is 1. The molecule has 128 valence electrons. The molecule has 0 aliphatic rings. The number of nitrogens with one attached hydrogen (secondary N) is 1. The molecule has 2 aromatic rings. The standard InChI is InChI=1S/C17H18FNO4S/c1-11(2)24(21,22)16-7-5-4-6-13(16)17(20)19-14-9-8-12(18)10-15(14)23-3/h4-11H,1-3H3,(H,19,20). The largest absolute Gasteiger partial charge is 0.494 e. The molecule has 0 aliphatic carbocycles. The van der Waals surface area contributed by atoms with E-state index in [9.17, 15) is 17.6 Å². The lowest BCUT2D eigenvalue weighted by atomic mass is 10.2. The Bertz CT molecular complexity index is 863. The van der Waals surface area contributed by atoms with E-state index in [2.05, 4.69) is 5.32 Å². The van der Waals surface area contributed by atoms with Crippen molar-refractivity contribution in [3.05, 3.63) is 53.8 Å². The van der Waals surface area contributed by atoms with Crippen LogP contribution in [-0.2, 0) is 9.84 Å². The van der Waals surface area contributed by atoms with E-state index in [0.717, 1.165) is 6.07 Å². The molecule has 1 N–H and O–H groups in total. The normalized spacial score (nSPS) is 11.4. The summed E-state index contributed by atoms with van der Waals surface area (Å²) >= 11 is 0. The number of carbonyl (C=O) groups is 1. The van der Waals surface area contributed by atoms with Crippen LogP contribution in [0.5, 0.6) is 5.75 Å². The molecule has 24 heavy (non-hydrogen) atoms. The molecule has 0 aliphatic heterocycles. The maximum atomic E-state index is 13.2. The van der Waals surface area contributed by atoms with Gasteiger partial charge in [0.1, 0.15) is 11.6 Å². The second-order valence-corrected chi connectivity index (χ2v) is 7.86. The first kappa shape index (κ1) is 17.9. The fourth-order valence-electron chi connectivity index (χ4n) is 2.11. The summed E-state index contributed by atoms with van der Waals surface area (Å²) in [6, 6.07) is 9.63. The smallest absolute Gasteiger partial charge is 0.257 e. The Morgan fingerprint density at radius 1 is 1.17 bits per heavy atom. The summed E-state index contributed by atoms with van der Waals surface area (Å²) in [5.74, 6) is -0.972. The van der Waals surface area contributed by atoms with Crippen LogP contribution in [0.2, 0.25) is 0 Å². The minimum atomic E-state index is -3.62. The molecular weight excluding hydrogens is 333 g/mol. The van der Waals surface area contributed by atoms with E-state index in [0.29, 0.717) is 0 Å². The number of ether oxygens (including phenoxy) is 1. The van der Waals surface area contributed by atoms with E-state index in [4.69, 9.17) is 4.74 Å². The van der Waals surface area contributed by atoms with Crippen molar-refractivity contribution in [2.24, 2.45) is 0 Å². The third-order valence-electron chi connectivity index (χ3n) is 3.47. The summed E-state index contributed by atoms with van der Waals surface area (Å²) in [5, 5.41) is 1.90. The van der Waals surface area contributed by atoms with Crippen molar-refractivity contribution in [3.63, 3.8) is 0 Å². The Kier molecular flexibility index (Phi) is 5.23. The molecular formula is C17H18FNO4S. The maximum absolute atomic E-state index is 13.2. The molecule has 0 atom stereocenters. The number of hydrogen-bond donors (Lipinski definition) is 1. The summed E-state index contributed by atoms with van der Waals surface area (Å²) < 4.78 is 43.1. The highest BCUT2D eigenvalue weighted by molar-refractivity contribution is 7.92. The van der Waals surface area contributed by atoms with Crippen LogP contribution < -0.4 is 10.1 Å². The second-order valence-electron chi connectivity index (χ2n) is 5.39. The van der Waals surface area contributed by atoms with Gasteiger partial charge in [-0.25, -0.2) is 12.8 Å². The molecule has 7 heteroatoms. The average molecular weight is 351 g/mol. The lowest BCUT2D eigenvalue weighted by Gasteiger charge is -2.14. The highest BCUT2D eigenvalue weighted by atomic mass is 32.2. The van der Waals surface area contributed by atoms with Gasteiger partial charge in [-0.3, -0.25) is 4.79 Å². The first-order chi connectivity index (χ1) is 11.3. The average Bonchev–Trinajstić information content (AvgIpc) is 2.56. The van der Waals surface area contributed by atoms with Crippen molar-refractivity contribution in [1.82, 2.24) is 0 Å². The molecule has 0 bridgehead atoms. The predicted octanol–water partition coefficient (Wildman–Crippen LogP) is 3.27. The fraction of sp³-hybridized carbons (Fsp3) is 0.235. The molecule has 2 rings (SSSR count). The van der Waals surface area contributed by atoms with Crippen LogP contribution in [0, 0.1) is 5.82 Å². The minimum absolute atomic E-state index is 0.0255. The van der Waals surface area contributed by atoms with Crippen molar-refractivity contribution in [3.8, 4) is 5.75 Å². The molecule has 0 spiro atoms. The number of anilines is 1. The van der Waals surface area contributed by atoms with Gasteiger partial charge in [-0.05, 0) is 38.1 Å². The third kappa shape index (κ3) is 3.56. The Hall–Kier alpha value is -2.41. The van der Waals surface area contributed by atoms with Gasteiger partial charge >= 0.3 is 0 Å². The molecule has 0 unspecified atom stereocenters. The van der Waals surface area contributed by atoms with Crippen molar-refractivity contribution >= 4 is 21.4 Å². The van der Waals surface area contributed by atoms with Crippen LogP contribution in [0.1, 0.15) is 24.2 Å². The number of carbonyl (C=O) groups excluding carboxylic acids is 1. The molecule has 0 radical (unpaired) electrons. The van der Waals surface area contributed by atoms with E-state index < -0.39 is 26.8 Å². The zero-order valence-corrected chi connectivity index (χ0v) is 14.4. The van der Waals surface area contributed by atoms with Gasteiger partial charge in [0, 0.05) is 6.07 Å². The zero-order valence-electron chi connectivity index (χ0n) is 13.5. The molecule has 0 aromatic heterocycles. The number of rotatable bonds is 5. The van der Waals surface area contributed by atoms with E-state index >= 15 is 0 Å². The van der Waals surface area contributed by atoms with Gasteiger partial charge in [0.2, 0.25) is 0 Å². The highest BCUT2D eigenvalue weighted by Gasteiger charge is 2.25. The molecule has 1 amide bonds. The van der Waals surface area contributed by atoms with Gasteiger partial charge in [-0.1, -0.05) is 12.1 Å². The summed E-state index contributed by atoms with van der Waals surface area (Å²) in [4.78, 5) is 12.5. The summed E-state index contributed by atoms with van der Waals surface area (Å²) in [6.45, 7) is 3.10. The summed E-state index contributed by atoms with van der Waals surface area (Å²) in [6.07, 6.45) is 0. The van der Waals surface area contributed by atoms with Crippen molar-refractivity contribution in [1.29, 1.82) is 0 Å². The van der Waals surface area contributed by atoms with Crippen molar-refractivity contribution in [2.75, 3.05) is 12.4 Å². The van der Waals surface area contributed by atoms with Gasteiger partial charge < -0.3 is 10.1 Å². The molecule has 0 saturated heterocycles. The predicted molar refractivity (Wildman–Crippen MR) is 89.7 cm³/mol. The van der Waals surface area contributed by atoms with Crippen LogP contribution in [0.15, 0.2) is 47.4 Å². The quantitative estimate of drug-likeness (QED) is 0.897. The lowest BCUT2D eigenvalue weighted by molar-refractivity contribution is 0.102. The maximum Gasteiger partial charge on any atom is 0.257 e. The first-order valence-electron chi connectivity index (χ1n) is 7.25. The Balaban J connectivity index is 2.42. The first-order valence-corrected chi connectivity index (χ1v) is 8.80. The van der Waals surface area contributed by atoms with Crippen LogP contribution in [0.3, 0.4) is 0 Å². The Labute approximate surface area is 140 Å². The van der Waals surface area contributed by atoms with E-state index in [-0.39, 0.29) is 21.9 Å². The zero-order chi connectivity index (χ0) is 17.9. The van der Waals surface area contributed by atoms with Crippen molar-refractivity contribution < 1.29 is 22.3 Å². The van der Waals surface area contributed by atoms with Gasteiger partial charge in [-0.2, -0.15) is 0 Å². The van der Waals surface area contributed by atoms with Crippen molar-refractivity contribution in [2.45, 2.75) is 24.0 Å². The molecule has 5 nitrogen and oxygen atoms in total. The third-order valence-corrected chi connectivity index (χ3v) is 5.68. The van der Waals surface area contributed by atoms with Crippen LogP contribution >= 0.6 is 0 Å². The highest BCUT2D eigenvalue weighted by Crippen LogP contribution is 2.27. The summed E-state index contributed by atoms with van der Waals surface area (Å²) in [7, 11) is -2.27. The number of hydrogen-bond acceptors (Lipinski definition) is 4. The summed E-state index contributed by atoms with van der Waals surface area (Å²) in [5.41, 5.74) is 0.276. The van der Waals surface area contributed by atoms with Gasteiger partial charge in [-0.15, -0.1) is 0 Å². The topological polar surface area (TPSA) is 72.5 Å². The second kappa shape index (κ2) is 7.00. The monoisotopic (exact) mass is 351 g/mol. The number of halogens is 1. The molecule has 0 saturated carbocycles. The number of benzene rings is 2. The van der Waals surface area contributed by atoms with Gasteiger partial charge in [0.05, 0.1) is 28.5 Å². The van der Waals surface area contributed by atoms with Crippen LogP contribution in [0.25, 0.3) is 0 Å². The van der Waals surface area contributed by atoms with E-state index in [1.54, 1.807) is 26.0 Å². The Morgan fingerprint density at radius 2 is 1.83 bits per heavy atom. The fourth-order valence-corrected chi connectivity index (χ4v) is 3.36. The number of sulfone groups is 1. The molecule has 0 heterocycles. The van der Waals surface area contributed by atoms with E-state index in [1.165, 1.54) is 31.4 Å².